The SMILES string of the molecule is Cc1[nH]c2ccccc2c1C(=O)C(C)N1CCCC1c1ccc2c(c1)OCCO2. The van der Waals surface area contributed by atoms with Crippen LogP contribution >= 0.6 is 0 Å². The minimum absolute atomic E-state index is 0.185. The van der Waals surface area contributed by atoms with Crippen molar-refractivity contribution < 1.29 is 14.3 Å². The lowest BCUT2D eigenvalue weighted by Crippen LogP contribution is -2.38. The van der Waals surface area contributed by atoms with Crippen LogP contribution in [0.15, 0.2) is 42.5 Å². The fourth-order valence-electron chi connectivity index (χ4n) is 4.83. The highest BCUT2D eigenvalue weighted by Crippen LogP contribution is 2.39. The van der Waals surface area contributed by atoms with Crippen LogP contribution in [0.3, 0.4) is 0 Å². The molecular formula is C24H26N2O3. The molecule has 1 saturated heterocycles. The summed E-state index contributed by atoms with van der Waals surface area (Å²) in [4.78, 5) is 19.2. The van der Waals surface area contributed by atoms with Crippen molar-refractivity contribution in [3.05, 3.63) is 59.3 Å². The van der Waals surface area contributed by atoms with Crippen LogP contribution in [0.25, 0.3) is 10.9 Å². The molecule has 2 unspecified atom stereocenters. The van der Waals surface area contributed by atoms with Gasteiger partial charge in [-0.05, 0) is 57.0 Å². The lowest BCUT2D eigenvalue weighted by Gasteiger charge is -2.31. The minimum atomic E-state index is -0.186. The number of hydrogen-bond acceptors (Lipinski definition) is 4. The van der Waals surface area contributed by atoms with Gasteiger partial charge in [-0.15, -0.1) is 0 Å². The number of H-pyrrole nitrogens is 1. The Labute approximate surface area is 170 Å². The number of carbonyl (C=O) groups is 1. The minimum Gasteiger partial charge on any atom is -0.486 e. The maximum absolute atomic E-state index is 13.5. The number of nitrogens with one attached hydrogen (secondary N) is 1. The largest absolute Gasteiger partial charge is 0.486 e. The third-order valence-electron chi connectivity index (χ3n) is 6.26. The highest BCUT2D eigenvalue weighted by atomic mass is 16.6. The smallest absolute Gasteiger partial charge is 0.182 e. The summed E-state index contributed by atoms with van der Waals surface area (Å²) in [7, 11) is 0. The van der Waals surface area contributed by atoms with Crippen molar-refractivity contribution in [1.29, 1.82) is 0 Å². The van der Waals surface area contributed by atoms with Gasteiger partial charge in [-0.1, -0.05) is 24.3 Å². The topological polar surface area (TPSA) is 54.6 Å². The summed E-state index contributed by atoms with van der Waals surface area (Å²) in [6.07, 6.45) is 2.13. The third kappa shape index (κ3) is 3.10. The summed E-state index contributed by atoms with van der Waals surface area (Å²) < 4.78 is 11.4. The van der Waals surface area contributed by atoms with Crippen molar-refractivity contribution >= 4 is 16.7 Å². The first-order chi connectivity index (χ1) is 14.1. The van der Waals surface area contributed by atoms with Gasteiger partial charge in [-0.3, -0.25) is 9.69 Å². The van der Waals surface area contributed by atoms with Crippen molar-refractivity contribution in [2.75, 3.05) is 19.8 Å². The molecule has 150 valence electrons. The van der Waals surface area contributed by atoms with E-state index in [1.54, 1.807) is 0 Å². The summed E-state index contributed by atoms with van der Waals surface area (Å²) in [5.74, 6) is 1.81. The molecule has 1 fully saturated rings. The number of aromatic nitrogens is 1. The summed E-state index contributed by atoms with van der Waals surface area (Å²) in [6, 6.07) is 14.3. The highest BCUT2D eigenvalue weighted by molar-refractivity contribution is 6.11. The number of ether oxygens (including phenoxy) is 2. The van der Waals surface area contributed by atoms with Gasteiger partial charge in [0.15, 0.2) is 17.3 Å². The predicted octanol–water partition coefficient (Wildman–Crippen LogP) is 4.66. The summed E-state index contributed by atoms with van der Waals surface area (Å²) in [5, 5.41) is 1.01. The van der Waals surface area contributed by atoms with Gasteiger partial charge >= 0.3 is 0 Å². The lowest BCUT2D eigenvalue weighted by molar-refractivity contribution is 0.0820. The van der Waals surface area contributed by atoms with E-state index in [0.29, 0.717) is 13.2 Å². The fraction of sp³-hybridized carbons (Fsp3) is 0.375. The van der Waals surface area contributed by atoms with Gasteiger partial charge in [0, 0.05) is 28.2 Å². The summed E-state index contributed by atoms with van der Waals surface area (Å²) in [6.45, 7) is 6.13. The van der Waals surface area contributed by atoms with E-state index in [2.05, 4.69) is 22.0 Å². The van der Waals surface area contributed by atoms with Crippen LogP contribution in [0.5, 0.6) is 11.5 Å². The fourth-order valence-corrected chi connectivity index (χ4v) is 4.83. The summed E-state index contributed by atoms with van der Waals surface area (Å²) in [5.41, 5.74) is 3.98. The van der Waals surface area contributed by atoms with Gasteiger partial charge in [0.2, 0.25) is 0 Å². The second kappa shape index (κ2) is 7.23. The number of rotatable bonds is 4. The van der Waals surface area contributed by atoms with E-state index in [0.717, 1.165) is 53.0 Å². The number of carbonyl (C=O) groups excluding carboxylic acids is 1. The maximum Gasteiger partial charge on any atom is 0.182 e. The monoisotopic (exact) mass is 390 g/mol. The molecule has 0 saturated carbocycles. The molecule has 2 aliphatic rings. The van der Waals surface area contributed by atoms with Gasteiger partial charge in [-0.25, -0.2) is 0 Å². The van der Waals surface area contributed by atoms with Gasteiger partial charge < -0.3 is 14.5 Å². The zero-order valence-electron chi connectivity index (χ0n) is 16.9. The number of para-hydroxylation sites is 1. The van der Waals surface area contributed by atoms with Gasteiger partial charge in [0.25, 0.3) is 0 Å². The first kappa shape index (κ1) is 18.3. The average Bonchev–Trinajstić information content (AvgIpc) is 3.36. The van der Waals surface area contributed by atoms with Gasteiger partial charge in [-0.2, -0.15) is 0 Å². The molecule has 5 nitrogen and oxygen atoms in total. The second-order valence-electron chi connectivity index (χ2n) is 8.01. The molecule has 0 spiro atoms. The van der Waals surface area contributed by atoms with Crippen molar-refractivity contribution in [2.24, 2.45) is 0 Å². The molecule has 3 aromatic rings. The first-order valence-electron chi connectivity index (χ1n) is 10.4. The van der Waals surface area contributed by atoms with Crippen LogP contribution in [0, 0.1) is 6.92 Å². The molecule has 5 rings (SSSR count). The van der Waals surface area contributed by atoms with Crippen LogP contribution in [0.2, 0.25) is 0 Å². The average molecular weight is 390 g/mol. The highest BCUT2D eigenvalue weighted by Gasteiger charge is 2.35. The Hall–Kier alpha value is -2.79. The Bertz CT molecular complexity index is 1070. The normalized spacial score (nSPS) is 20.1. The molecule has 2 aromatic carbocycles. The summed E-state index contributed by atoms with van der Waals surface area (Å²) >= 11 is 0. The Morgan fingerprint density at radius 2 is 1.93 bits per heavy atom. The van der Waals surface area contributed by atoms with E-state index in [1.165, 1.54) is 5.56 Å². The third-order valence-corrected chi connectivity index (χ3v) is 6.26. The molecule has 1 aromatic heterocycles. The Morgan fingerprint density at radius 3 is 2.79 bits per heavy atom. The maximum atomic E-state index is 13.5. The Balaban J connectivity index is 1.45. The molecule has 2 aliphatic heterocycles. The van der Waals surface area contributed by atoms with Crippen LogP contribution < -0.4 is 9.47 Å². The number of benzene rings is 2. The molecule has 3 heterocycles. The molecule has 1 N–H and O–H groups in total. The van der Waals surface area contributed by atoms with Crippen molar-refractivity contribution in [1.82, 2.24) is 9.88 Å². The van der Waals surface area contributed by atoms with E-state index in [4.69, 9.17) is 9.47 Å². The van der Waals surface area contributed by atoms with Crippen LogP contribution in [0.4, 0.5) is 0 Å². The number of aromatic amines is 1. The number of ketones is 1. The predicted molar refractivity (Wildman–Crippen MR) is 113 cm³/mol. The molecule has 2 atom stereocenters. The van der Waals surface area contributed by atoms with Crippen LogP contribution in [0.1, 0.15) is 47.4 Å². The number of nitrogens with zero attached hydrogens (tertiary/aromatic N) is 1. The van der Waals surface area contributed by atoms with Crippen molar-refractivity contribution in [3.8, 4) is 11.5 Å². The molecule has 0 amide bonds. The van der Waals surface area contributed by atoms with Crippen LogP contribution in [-0.4, -0.2) is 41.5 Å². The standard InChI is InChI=1S/C24H26N2O3/c1-15-23(18-6-3-4-7-19(18)25-15)24(27)16(2)26-11-5-8-20(26)17-9-10-21-22(14-17)29-13-12-28-21/h3-4,6-7,9-10,14,16,20,25H,5,8,11-13H2,1-2H3. The van der Waals surface area contributed by atoms with Crippen LogP contribution in [-0.2, 0) is 0 Å². The molecule has 0 bridgehead atoms. The number of hydrogen-bond donors (Lipinski definition) is 1. The van der Waals surface area contributed by atoms with E-state index in [1.807, 2.05) is 44.2 Å². The quantitative estimate of drug-likeness (QED) is 0.659. The number of likely N-dealkylation sites (tertiary alicyclic amines) is 1. The van der Waals surface area contributed by atoms with E-state index in [9.17, 15) is 4.79 Å². The first-order valence-corrected chi connectivity index (χ1v) is 10.4. The van der Waals surface area contributed by atoms with Gasteiger partial charge in [0.1, 0.15) is 13.2 Å². The zero-order valence-corrected chi connectivity index (χ0v) is 16.9. The van der Waals surface area contributed by atoms with E-state index >= 15 is 0 Å². The zero-order chi connectivity index (χ0) is 20.0. The van der Waals surface area contributed by atoms with E-state index in [-0.39, 0.29) is 17.9 Å². The number of Topliss-reactive ketones (excluding diaryl/α,β-unsaturated/α-hetero) is 1. The number of fused-ring (bicyclic) bond motifs is 2. The Kier molecular flexibility index (Phi) is 4.55. The molecule has 5 heteroatoms. The second-order valence-corrected chi connectivity index (χ2v) is 8.01. The van der Waals surface area contributed by atoms with Crippen molar-refractivity contribution in [3.63, 3.8) is 0 Å². The lowest BCUT2D eigenvalue weighted by atomic mass is 9.98. The molecule has 29 heavy (non-hydrogen) atoms. The molecular weight excluding hydrogens is 364 g/mol. The van der Waals surface area contributed by atoms with Gasteiger partial charge in [0.05, 0.1) is 6.04 Å². The molecule has 0 aliphatic carbocycles. The van der Waals surface area contributed by atoms with Crippen molar-refractivity contribution in [2.45, 2.75) is 38.8 Å². The Morgan fingerprint density at radius 1 is 1.14 bits per heavy atom. The molecule has 0 radical (unpaired) electrons. The van der Waals surface area contributed by atoms with E-state index < -0.39 is 0 Å². The number of aryl methyl sites for hydroxylation is 1.